The largest absolute Gasteiger partial charge is 0.550 e. The summed E-state index contributed by atoms with van der Waals surface area (Å²) in [7, 11) is 5.84. The molecule has 0 rings (SSSR count). The van der Waals surface area contributed by atoms with Crippen LogP contribution < -0.4 is 5.11 Å². The van der Waals surface area contributed by atoms with E-state index in [-0.39, 0.29) is 12.4 Å². The fourth-order valence-electron chi connectivity index (χ4n) is 3.72. The summed E-state index contributed by atoms with van der Waals surface area (Å²) in [5, 5.41) is 10.9. The third kappa shape index (κ3) is 20.0. The Morgan fingerprint density at radius 1 is 0.862 bits per heavy atom. The van der Waals surface area contributed by atoms with Crippen LogP contribution in [0.1, 0.15) is 104 Å². The molecule has 0 aliphatic heterocycles. The lowest BCUT2D eigenvalue weighted by Gasteiger charge is -2.29. The van der Waals surface area contributed by atoms with Crippen LogP contribution in [-0.2, 0) is 14.3 Å². The van der Waals surface area contributed by atoms with Crippen molar-refractivity contribution in [2.24, 2.45) is 5.92 Å². The topological polar surface area (TPSA) is 66.4 Å². The Kier molecular flexibility index (Phi) is 16.0. The van der Waals surface area contributed by atoms with Gasteiger partial charge in [-0.25, -0.2) is 0 Å². The van der Waals surface area contributed by atoms with Crippen molar-refractivity contribution >= 4 is 11.9 Å². The molecule has 5 heteroatoms. The number of hydrogen-bond donors (Lipinski definition) is 0. The van der Waals surface area contributed by atoms with Gasteiger partial charge in [0.05, 0.1) is 21.1 Å². The van der Waals surface area contributed by atoms with Crippen molar-refractivity contribution in [3.05, 3.63) is 0 Å². The van der Waals surface area contributed by atoms with E-state index in [0.717, 1.165) is 25.2 Å². The molecule has 0 aromatic rings. The average Bonchev–Trinajstić information content (AvgIpc) is 2.58. The Hall–Kier alpha value is -1.10. The minimum absolute atomic E-state index is 0.238. The highest BCUT2D eigenvalue weighted by Gasteiger charge is 2.22. The zero-order valence-electron chi connectivity index (χ0n) is 19.8. The first-order valence-corrected chi connectivity index (χ1v) is 11.8. The van der Waals surface area contributed by atoms with Gasteiger partial charge in [-0.1, -0.05) is 84.5 Å². The molecule has 0 aromatic heterocycles. The summed E-state index contributed by atoms with van der Waals surface area (Å²) >= 11 is 0. The van der Waals surface area contributed by atoms with E-state index in [4.69, 9.17) is 4.74 Å². The lowest BCUT2D eigenvalue weighted by atomic mass is 9.96. The SMILES string of the molecule is CCCCCCC(C)CCCCCCCCC(=O)OC(CC(=O)[O-])C[N+](C)(C)C. The number of carbonyl (C=O) groups is 2. The maximum absolute atomic E-state index is 12.0. The summed E-state index contributed by atoms with van der Waals surface area (Å²) in [6.45, 7) is 5.10. The molecule has 0 amide bonds. The Morgan fingerprint density at radius 3 is 1.90 bits per heavy atom. The van der Waals surface area contributed by atoms with Crippen LogP contribution >= 0.6 is 0 Å². The molecule has 172 valence electrons. The molecule has 2 atom stereocenters. The van der Waals surface area contributed by atoms with Crippen LogP contribution in [0.4, 0.5) is 0 Å². The molecule has 0 fully saturated rings. The zero-order valence-corrected chi connectivity index (χ0v) is 19.8. The Morgan fingerprint density at radius 2 is 1.38 bits per heavy atom. The molecule has 29 heavy (non-hydrogen) atoms. The second-order valence-corrected chi connectivity index (χ2v) is 9.78. The third-order valence-electron chi connectivity index (χ3n) is 5.32. The lowest BCUT2D eigenvalue weighted by molar-refractivity contribution is -0.873. The van der Waals surface area contributed by atoms with Crippen molar-refractivity contribution in [3.63, 3.8) is 0 Å². The molecular weight excluding hydrogens is 366 g/mol. The van der Waals surface area contributed by atoms with Crippen molar-refractivity contribution in [3.8, 4) is 0 Å². The number of esters is 1. The van der Waals surface area contributed by atoms with Crippen LogP contribution in [0.2, 0.25) is 0 Å². The van der Waals surface area contributed by atoms with E-state index < -0.39 is 12.1 Å². The predicted octanol–water partition coefficient (Wildman–Crippen LogP) is 4.47. The summed E-state index contributed by atoms with van der Waals surface area (Å²) in [6.07, 6.45) is 14.5. The van der Waals surface area contributed by atoms with Crippen molar-refractivity contribution in [2.75, 3.05) is 27.7 Å². The molecule has 5 nitrogen and oxygen atoms in total. The predicted molar refractivity (Wildman–Crippen MR) is 117 cm³/mol. The number of aliphatic carboxylic acids is 1. The maximum atomic E-state index is 12.0. The number of hydrogen-bond acceptors (Lipinski definition) is 4. The molecule has 0 heterocycles. The first kappa shape index (κ1) is 27.9. The van der Waals surface area contributed by atoms with Gasteiger partial charge in [0.15, 0.2) is 6.10 Å². The molecule has 0 aliphatic rings. The molecule has 0 bridgehead atoms. The molecule has 2 unspecified atom stereocenters. The molecule has 0 spiro atoms. The molecule has 0 aromatic carbocycles. The maximum Gasteiger partial charge on any atom is 0.306 e. The first-order chi connectivity index (χ1) is 13.6. The molecular formula is C24H47NO4. The molecule has 0 N–H and O–H groups in total. The lowest BCUT2D eigenvalue weighted by Crippen LogP contribution is -2.45. The molecule has 0 aliphatic carbocycles. The standard InChI is InChI=1S/C24H47NO4/c1-6-7-8-13-16-21(2)17-14-11-9-10-12-15-18-24(28)29-22(19-23(26)27)20-25(3,4)5/h21-22H,6-20H2,1-5H3. The zero-order chi connectivity index (χ0) is 22.1. The number of rotatable bonds is 19. The number of carboxylic acids is 1. The minimum atomic E-state index is -1.17. The monoisotopic (exact) mass is 413 g/mol. The molecule has 0 saturated heterocycles. The van der Waals surface area contributed by atoms with Gasteiger partial charge in [0.25, 0.3) is 0 Å². The highest BCUT2D eigenvalue weighted by molar-refractivity contribution is 5.70. The quantitative estimate of drug-likeness (QED) is 0.178. The number of nitrogens with zero attached hydrogens (tertiary/aromatic N) is 1. The fraction of sp³-hybridized carbons (Fsp3) is 0.917. The number of carbonyl (C=O) groups excluding carboxylic acids is 2. The van der Waals surface area contributed by atoms with E-state index in [1.165, 1.54) is 57.8 Å². The summed E-state index contributed by atoms with van der Waals surface area (Å²) in [5.41, 5.74) is 0. The van der Waals surface area contributed by atoms with Crippen LogP contribution in [-0.4, -0.2) is 50.2 Å². The van der Waals surface area contributed by atoms with E-state index in [0.29, 0.717) is 17.4 Å². The molecule has 0 radical (unpaired) electrons. The van der Waals surface area contributed by atoms with Crippen LogP contribution in [0.5, 0.6) is 0 Å². The number of likely N-dealkylation sites (N-methyl/N-ethyl adjacent to an activating group) is 1. The van der Waals surface area contributed by atoms with Gasteiger partial charge in [0.2, 0.25) is 0 Å². The van der Waals surface area contributed by atoms with Crippen LogP contribution in [0.3, 0.4) is 0 Å². The summed E-state index contributed by atoms with van der Waals surface area (Å²) < 4.78 is 5.93. The van der Waals surface area contributed by atoms with Gasteiger partial charge in [0, 0.05) is 18.8 Å². The molecule has 0 saturated carbocycles. The van der Waals surface area contributed by atoms with Gasteiger partial charge in [0.1, 0.15) is 6.54 Å². The number of ether oxygens (including phenoxy) is 1. The van der Waals surface area contributed by atoms with E-state index >= 15 is 0 Å². The van der Waals surface area contributed by atoms with E-state index in [1.54, 1.807) is 0 Å². The van der Waals surface area contributed by atoms with E-state index in [1.807, 2.05) is 21.1 Å². The number of unbranched alkanes of at least 4 members (excludes halogenated alkanes) is 8. The highest BCUT2D eigenvalue weighted by atomic mass is 16.5. The van der Waals surface area contributed by atoms with Crippen molar-refractivity contribution < 1.29 is 23.9 Å². The smallest absolute Gasteiger partial charge is 0.306 e. The Bertz CT molecular complexity index is 431. The van der Waals surface area contributed by atoms with Crippen molar-refractivity contribution in [1.82, 2.24) is 0 Å². The average molecular weight is 414 g/mol. The van der Waals surface area contributed by atoms with Crippen LogP contribution in [0.25, 0.3) is 0 Å². The van der Waals surface area contributed by atoms with Gasteiger partial charge in [-0.2, -0.15) is 0 Å². The summed E-state index contributed by atoms with van der Waals surface area (Å²) in [4.78, 5) is 22.9. The van der Waals surface area contributed by atoms with Crippen LogP contribution in [0.15, 0.2) is 0 Å². The fourth-order valence-corrected chi connectivity index (χ4v) is 3.72. The normalized spacial score (nSPS) is 13.8. The first-order valence-electron chi connectivity index (χ1n) is 11.8. The van der Waals surface area contributed by atoms with Crippen molar-refractivity contribution in [2.45, 2.75) is 110 Å². The van der Waals surface area contributed by atoms with Crippen molar-refractivity contribution in [1.29, 1.82) is 0 Å². The second-order valence-electron chi connectivity index (χ2n) is 9.78. The van der Waals surface area contributed by atoms with Gasteiger partial charge >= 0.3 is 5.97 Å². The highest BCUT2D eigenvalue weighted by Crippen LogP contribution is 2.18. The number of quaternary nitrogens is 1. The van der Waals surface area contributed by atoms with Gasteiger partial charge in [-0.3, -0.25) is 4.79 Å². The number of carboxylic acid groups (broad SMARTS) is 1. The summed E-state index contributed by atoms with van der Waals surface area (Å²) in [5.74, 6) is -0.615. The Labute approximate surface area is 179 Å². The second kappa shape index (κ2) is 16.7. The Balaban J connectivity index is 3.73. The van der Waals surface area contributed by atoms with Gasteiger partial charge in [-0.15, -0.1) is 0 Å². The van der Waals surface area contributed by atoms with E-state index in [2.05, 4.69) is 13.8 Å². The van der Waals surface area contributed by atoms with Crippen LogP contribution in [0, 0.1) is 5.92 Å². The van der Waals surface area contributed by atoms with Gasteiger partial charge in [-0.05, 0) is 12.3 Å². The third-order valence-corrected chi connectivity index (χ3v) is 5.32. The van der Waals surface area contributed by atoms with E-state index in [9.17, 15) is 14.7 Å². The minimum Gasteiger partial charge on any atom is -0.550 e. The summed E-state index contributed by atoms with van der Waals surface area (Å²) in [6, 6.07) is 0. The van der Waals surface area contributed by atoms with Gasteiger partial charge < -0.3 is 19.1 Å².